The normalized spacial score (nSPS) is 24.6. The molecule has 96 valence electrons. The molecule has 2 N–H and O–H groups in total. The van der Waals surface area contributed by atoms with Crippen LogP contribution in [0.15, 0.2) is 0 Å². The van der Waals surface area contributed by atoms with Crippen molar-refractivity contribution in [3.05, 3.63) is 0 Å². The molecule has 1 fully saturated rings. The van der Waals surface area contributed by atoms with Crippen LogP contribution in [0.1, 0.15) is 46.0 Å². The molecule has 3 nitrogen and oxygen atoms in total. The summed E-state index contributed by atoms with van der Waals surface area (Å²) < 4.78 is 5.55. The van der Waals surface area contributed by atoms with E-state index in [1.54, 1.807) is 0 Å². The van der Waals surface area contributed by atoms with Crippen molar-refractivity contribution in [3.63, 3.8) is 0 Å². The molecule has 1 aliphatic rings. The smallest absolute Gasteiger partial charge is 0.0622 e. The van der Waals surface area contributed by atoms with Crippen LogP contribution in [0, 0.1) is 0 Å². The van der Waals surface area contributed by atoms with E-state index in [-0.39, 0.29) is 0 Å². The number of nitrogens with zero attached hydrogens (tertiary/aromatic N) is 1. The highest BCUT2D eigenvalue weighted by Crippen LogP contribution is 2.13. The van der Waals surface area contributed by atoms with Crippen LogP contribution < -0.4 is 5.73 Å². The van der Waals surface area contributed by atoms with Crippen LogP contribution in [0.25, 0.3) is 0 Å². The Kier molecular flexibility index (Phi) is 7.01. The van der Waals surface area contributed by atoms with Gasteiger partial charge in [-0.3, -0.25) is 4.90 Å². The molecular weight excluding hydrogens is 200 g/mol. The molecule has 0 aliphatic carbocycles. The van der Waals surface area contributed by atoms with E-state index in [0.717, 1.165) is 39.1 Å². The van der Waals surface area contributed by atoms with Gasteiger partial charge in [-0.25, -0.2) is 0 Å². The van der Waals surface area contributed by atoms with Gasteiger partial charge in [0.1, 0.15) is 0 Å². The Morgan fingerprint density at radius 1 is 1.31 bits per heavy atom. The molecule has 0 aromatic heterocycles. The topological polar surface area (TPSA) is 38.5 Å². The molecular formula is C13H28N2O. The summed E-state index contributed by atoms with van der Waals surface area (Å²) in [5.41, 5.74) is 6.06. The highest BCUT2D eigenvalue weighted by atomic mass is 16.5. The van der Waals surface area contributed by atoms with Crippen molar-refractivity contribution >= 4 is 0 Å². The maximum absolute atomic E-state index is 6.06. The summed E-state index contributed by atoms with van der Waals surface area (Å²) in [7, 11) is 0. The highest BCUT2D eigenvalue weighted by molar-refractivity contribution is 4.76. The Bertz CT molecular complexity index is 173. The molecule has 3 heteroatoms. The van der Waals surface area contributed by atoms with Crippen molar-refractivity contribution in [1.82, 2.24) is 4.90 Å². The molecule has 0 amide bonds. The fraction of sp³-hybridized carbons (Fsp3) is 1.00. The van der Waals surface area contributed by atoms with Gasteiger partial charge >= 0.3 is 0 Å². The summed E-state index contributed by atoms with van der Waals surface area (Å²) in [6.07, 6.45) is 5.98. The van der Waals surface area contributed by atoms with Crippen LogP contribution in [0.5, 0.6) is 0 Å². The summed E-state index contributed by atoms with van der Waals surface area (Å²) in [6.45, 7) is 8.49. The first-order valence-corrected chi connectivity index (χ1v) is 6.85. The second kappa shape index (κ2) is 8.04. The predicted molar refractivity (Wildman–Crippen MR) is 68.6 cm³/mol. The fourth-order valence-electron chi connectivity index (χ4n) is 2.43. The number of hydrogen-bond acceptors (Lipinski definition) is 3. The number of rotatable bonds is 7. The quantitative estimate of drug-likeness (QED) is 0.724. The number of ether oxygens (including phenoxy) is 1. The minimum Gasteiger partial charge on any atom is -0.378 e. The summed E-state index contributed by atoms with van der Waals surface area (Å²) in [5, 5.41) is 0. The first-order valence-electron chi connectivity index (χ1n) is 6.85. The first kappa shape index (κ1) is 13.9. The molecule has 1 heterocycles. The van der Waals surface area contributed by atoms with Gasteiger partial charge < -0.3 is 10.5 Å². The standard InChI is InChI=1S/C13H28N2O/c1-3-5-12(14)7-8-15-9-10-16-11-13(15)6-4-2/h12-13H,3-11,14H2,1-2H3. The van der Waals surface area contributed by atoms with Crippen LogP contribution in [0.2, 0.25) is 0 Å². The molecule has 0 spiro atoms. The van der Waals surface area contributed by atoms with E-state index in [4.69, 9.17) is 10.5 Å². The second-order valence-corrected chi connectivity index (χ2v) is 4.89. The molecule has 2 unspecified atom stereocenters. The zero-order valence-corrected chi connectivity index (χ0v) is 11.0. The molecule has 0 bridgehead atoms. The molecule has 0 aromatic rings. The Balaban J connectivity index is 2.26. The molecule has 16 heavy (non-hydrogen) atoms. The largest absolute Gasteiger partial charge is 0.378 e. The molecule has 1 rings (SSSR count). The van der Waals surface area contributed by atoms with Crippen molar-refractivity contribution < 1.29 is 4.74 Å². The van der Waals surface area contributed by atoms with E-state index in [0.29, 0.717) is 12.1 Å². The maximum atomic E-state index is 6.06. The van der Waals surface area contributed by atoms with Gasteiger partial charge in [0.15, 0.2) is 0 Å². The SMILES string of the molecule is CCCC(N)CCN1CCOCC1CCC. The van der Waals surface area contributed by atoms with Crippen molar-refractivity contribution in [3.8, 4) is 0 Å². The lowest BCUT2D eigenvalue weighted by Crippen LogP contribution is -2.46. The Hall–Kier alpha value is -0.120. The number of morpholine rings is 1. The van der Waals surface area contributed by atoms with Gasteiger partial charge in [-0.1, -0.05) is 26.7 Å². The van der Waals surface area contributed by atoms with Crippen LogP contribution in [-0.4, -0.2) is 43.3 Å². The van der Waals surface area contributed by atoms with E-state index in [9.17, 15) is 0 Å². The van der Waals surface area contributed by atoms with Crippen LogP contribution in [0.3, 0.4) is 0 Å². The van der Waals surface area contributed by atoms with E-state index < -0.39 is 0 Å². The van der Waals surface area contributed by atoms with E-state index in [1.165, 1.54) is 19.3 Å². The monoisotopic (exact) mass is 228 g/mol. The van der Waals surface area contributed by atoms with Gasteiger partial charge in [0.2, 0.25) is 0 Å². The fourth-order valence-corrected chi connectivity index (χ4v) is 2.43. The van der Waals surface area contributed by atoms with Crippen molar-refractivity contribution in [2.24, 2.45) is 5.73 Å². The average molecular weight is 228 g/mol. The van der Waals surface area contributed by atoms with E-state index in [2.05, 4.69) is 18.7 Å². The third-order valence-corrected chi connectivity index (χ3v) is 3.42. The molecule has 2 atom stereocenters. The Labute approximate surface area is 100 Å². The van der Waals surface area contributed by atoms with Crippen LogP contribution >= 0.6 is 0 Å². The molecule has 0 aromatic carbocycles. The van der Waals surface area contributed by atoms with E-state index in [1.807, 2.05) is 0 Å². The van der Waals surface area contributed by atoms with Gasteiger partial charge in [0, 0.05) is 25.2 Å². The van der Waals surface area contributed by atoms with Gasteiger partial charge in [0.25, 0.3) is 0 Å². The molecule has 1 saturated heterocycles. The van der Waals surface area contributed by atoms with E-state index >= 15 is 0 Å². The predicted octanol–water partition coefficient (Wildman–Crippen LogP) is 2.00. The van der Waals surface area contributed by atoms with Crippen LogP contribution in [-0.2, 0) is 4.74 Å². The zero-order valence-electron chi connectivity index (χ0n) is 11.0. The third-order valence-electron chi connectivity index (χ3n) is 3.42. The van der Waals surface area contributed by atoms with Gasteiger partial charge in [-0.05, 0) is 19.3 Å². The summed E-state index contributed by atoms with van der Waals surface area (Å²) in [6, 6.07) is 1.02. The van der Waals surface area contributed by atoms with Gasteiger partial charge in [-0.2, -0.15) is 0 Å². The number of hydrogen-bond donors (Lipinski definition) is 1. The zero-order chi connectivity index (χ0) is 11.8. The second-order valence-electron chi connectivity index (χ2n) is 4.89. The molecule has 1 aliphatic heterocycles. The van der Waals surface area contributed by atoms with Crippen molar-refractivity contribution in [2.75, 3.05) is 26.3 Å². The summed E-state index contributed by atoms with van der Waals surface area (Å²) in [5.74, 6) is 0. The highest BCUT2D eigenvalue weighted by Gasteiger charge is 2.21. The molecule has 0 radical (unpaired) electrons. The maximum Gasteiger partial charge on any atom is 0.0622 e. The van der Waals surface area contributed by atoms with Gasteiger partial charge in [-0.15, -0.1) is 0 Å². The minimum atomic E-state index is 0.384. The summed E-state index contributed by atoms with van der Waals surface area (Å²) in [4.78, 5) is 2.57. The summed E-state index contributed by atoms with van der Waals surface area (Å²) >= 11 is 0. The molecule has 0 saturated carbocycles. The van der Waals surface area contributed by atoms with Crippen molar-refractivity contribution in [1.29, 1.82) is 0 Å². The minimum absolute atomic E-state index is 0.384. The first-order chi connectivity index (χ1) is 7.77. The lowest BCUT2D eigenvalue weighted by atomic mass is 10.1. The van der Waals surface area contributed by atoms with Crippen molar-refractivity contribution in [2.45, 2.75) is 58.0 Å². The number of nitrogens with two attached hydrogens (primary N) is 1. The third kappa shape index (κ3) is 4.81. The lowest BCUT2D eigenvalue weighted by Gasteiger charge is -2.36. The Morgan fingerprint density at radius 3 is 2.81 bits per heavy atom. The van der Waals surface area contributed by atoms with Gasteiger partial charge in [0.05, 0.1) is 13.2 Å². The van der Waals surface area contributed by atoms with Crippen LogP contribution in [0.4, 0.5) is 0 Å². The lowest BCUT2D eigenvalue weighted by molar-refractivity contribution is -0.0117. The Morgan fingerprint density at radius 2 is 2.12 bits per heavy atom. The average Bonchev–Trinajstić information content (AvgIpc) is 2.29.